The Bertz CT molecular complexity index is 1310. The average molecular weight is 431 g/mol. The summed E-state index contributed by atoms with van der Waals surface area (Å²) in [7, 11) is 0. The highest BCUT2D eigenvalue weighted by molar-refractivity contribution is 5.88. The van der Waals surface area contributed by atoms with Gasteiger partial charge in [-0.3, -0.25) is 4.79 Å². The Morgan fingerprint density at radius 2 is 1.91 bits per heavy atom. The minimum atomic E-state index is -0.657. The molecule has 8 heteroatoms. The zero-order valence-electron chi connectivity index (χ0n) is 17.1. The standard InChI is InChI=1S/C24H19F2N5O/c25-17-6-16(7-18(26)8-17)20-3-4-29-31(20)22(32)24-10-23(11-24,12-24)13-30-14-28-19-2-1-15(9-27)5-21(19)30/h1-2,4-8,14,20H,3,10-13H2. The zero-order valence-corrected chi connectivity index (χ0v) is 17.1. The summed E-state index contributed by atoms with van der Waals surface area (Å²) in [4.78, 5) is 17.8. The van der Waals surface area contributed by atoms with Gasteiger partial charge >= 0.3 is 0 Å². The average Bonchev–Trinajstić information content (AvgIpc) is 3.35. The third-order valence-corrected chi connectivity index (χ3v) is 7.16. The van der Waals surface area contributed by atoms with E-state index in [4.69, 9.17) is 0 Å². The number of hydrogen-bond donors (Lipinski definition) is 0. The minimum Gasteiger partial charge on any atom is -0.330 e. The molecule has 1 atom stereocenters. The molecular formula is C24H19F2N5O. The molecule has 160 valence electrons. The zero-order chi connectivity index (χ0) is 22.1. The first kappa shape index (κ1) is 19.1. The normalized spacial score (nSPS) is 27.8. The number of hydrogen-bond acceptors (Lipinski definition) is 4. The summed E-state index contributed by atoms with van der Waals surface area (Å²) in [6.07, 6.45) is 6.14. The Balaban J connectivity index is 1.18. The van der Waals surface area contributed by atoms with Crippen molar-refractivity contribution in [3.63, 3.8) is 0 Å². The first-order valence-corrected chi connectivity index (χ1v) is 10.6. The van der Waals surface area contributed by atoms with Gasteiger partial charge in [0.15, 0.2) is 0 Å². The predicted molar refractivity (Wildman–Crippen MR) is 112 cm³/mol. The molecule has 0 spiro atoms. The number of nitriles is 1. The number of rotatable bonds is 4. The molecule has 7 rings (SSSR count). The van der Waals surface area contributed by atoms with Crippen molar-refractivity contribution < 1.29 is 13.6 Å². The van der Waals surface area contributed by atoms with Crippen molar-refractivity contribution in [2.45, 2.75) is 38.3 Å². The van der Waals surface area contributed by atoms with Crippen LogP contribution in [0.3, 0.4) is 0 Å². The molecule has 32 heavy (non-hydrogen) atoms. The van der Waals surface area contributed by atoms with E-state index in [-0.39, 0.29) is 11.3 Å². The molecule has 1 aliphatic heterocycles. The summed E-state index contributed by atoms with van der Waals surface area (Å²) in [6.45, 7) is 0.745. The highest BCUT2D eigenvalue weighted by atomic mass is 19.1. The Morgan fingerprint density at radius 3 is 2.62 bits per heavy atom. The van der Waals surface area contributed by atoms with Gasteiger partial charge in [-0.15, -0.1) is 0 Å². The topological polar surface area (TPSA) is 74.3 Å². The second-order valence-electron chi connectivity index (χ2n) is 9.40. The molecule has 1 amide bonds. The summed E-state index contributed by atoms with van der Waals surface area (Å²) in [5.41, 5.74) is 2.38. The number of nitrogens with zero attached hydrogens (tertiary/aromatic N) is 5. The molecule has 0 radical (unpaired) electrons. The van der Waals surface area contributed by atoms with E-state index in [1.165, 1.54) is 17.1 Å². The summed E-state index contributed by atoms with van der Waals surface area (Å²) in [6, 6.07) is 10.5. The molecule has 2 heterocycles. The van der Waals surface area contributed by atoms with Crippen molar-refractivity contribution in [3.05, 3.63) is 65.5 Å². The third kappa shape index (κ3) is 2.70. The van der Waals surface area contributed by atoms with E-state index < -0.39 is 23.1 Å². The van der Waals surface area contributed by atoms with Crippen LogP contribution in [0.2, 0.25) is 0 Å². The lowest BCUT2D eigenvalue weighted by atomic mass is 9.34. The van der Waals surface area contributed by atoms with Gasteiger partial charge in [-0.1, -0.05) is 0 Å². The van der Waals surface area contributed by atoms with Gasteiger partial charge in [-0.2, -0.15) is 10.4 Å². The van der Waals surface area contributed by atoms with E-state index in [0.717, 1.165) is 42.9 Å². The van der Waals surface area contributed by atoms with Crippen LogP contribution in [0.4, 0.5) is 8.78 Å². The van der Waals surface area contributed by atoms with Crippen LogP contribution < -0.4 is 0 Å². The van der Waals surface area contributed by atoms with Crippen LogP contribution in [0.15, 0.2) is 47.8 Å². The van der Waals surface area contributed by atoms with Gasteiger partial charge in [-0.25, -0.2) is 18.8 Å². The van der Waals surface area contributed by atoms with Crippen LogP contribution in [0, 0.1) is 33.8 Å². The molecule has 3 aromatic rings. The molecule has 1 aromatic heterocycles. The van der Waals surface area contributed by atoms with E-state index in [0.29, 0.717) is 17.5 Å². The van der Waals surface area contributed by atoms with E-state index in [2.05, 4.69) is 20.7 Å². The van der Waals surface area contributed by atoms with Crippen LogP contribution in [-0.4, -0.2) is 26.7 Å². The Kier molecular flexibility index (Phi) is 3.85. The molecule has 0 N–H and O–H groups in total. The van der Waals surface area contributed by atoms with Crippen molar-refractivity contribution in [2.24, 2.45) is 15.9 Å². The van der Waals surface area contributed by atoms with Gasteiger partial charge in [0.05, 0.1) is 40.5 Å². The van der Waals surface area contributed by atoms with Crippen molar-refractivity contribution in [1.29, 1.82) is 5.26 Å². The maximum absolute atomic E-state index is 13.7. The van der Waals surface area contributed by atoms with Crippen molar-refractivity contribution in [1.82, 2.24) is 14.6 Å². The van der Waals surface area contributed by atoms with Gasteiger partial charge in [0.25, 0.3) is 0 Å². The van der Waals surface area contributed by atoms with Crippen LogP contribution >= 0.6 is 0 Å². The molecule has 6 nitrogen and oxygen atoms in total. The number of carbonyl (C=O) groups excluding carboxylic acids is 1. The van der Waals surface area contributed by atoms with Crippen molar-refractivity contribution >= 4 is 23.2 Å². The highest BCUT2D eigenvalue weighted by Gasteiger charge is 2.72. The third-order valence-electron chi connectivity index (χ3n) is 7.16. The number of imidazole rings is 1. The maximum Gasteiger partial charge on any atom is 0.249 e. The molecule has 3 fully saturated rings. The molecular weight excluding hydrogens is 412 g/mol. The minimum absolute atomic E-state index is 0.0375. The number of fused-ring (bicyclic) bond motifs is 1. The fourth-order valence-corrected chi connectivity index (χ4v) is 5.90. The largest absolute Gasteiger partial charge is 0.330 e. The highest BCUT2D eigenvalue weighted by Crippen LogP contribution is 2.74. The first-order valence-electron chi connectivity index (χ1n) is 10.6. The fourth-order valence-electron chi connectivity index (χ4n) is 5.90. The number of benzene rings is 2. The number of carbonyl (C=O) groups is 1. The van der Waals surface area contributed by atoms with Gasteiger partial charge < -0.3 is 4.57 Å². The molecule has 2 aromatic carbocycles. The summed E-state index contributed by atoms with van der Waals surface area (Å²) < 4.78 is 29.5. The lowest BCUT2D eigenvalue weighted by Gasteiger charge is -2.70. The Hall–Kier alpha value is -3.60. The van der Waals surface area contributed by atoms with Crippen molar-refractivity contribution in [3.8, 4) is 6.07 Å². The SMILES string of the molecule is N#Cc1ccc2ncn(CC34CC(C(=O)N5N=CCC5c5cc(F)cc(F)c5)(C3)C4)c2c1. The van der Waals surface area contributed by atoms with Gasteiger partial charge in [-0.05, 0) is 60.6 Å². The maximum atomic E-state index is 13.7. The summed E-state index contributed by atoms with van der Waals surface area (Å²) in [5.74, 6) is -1.38. The number of aromatic nitrogens is 2. The quantitative estimate of drug-likeness (QED) is 0.618. The van der Waals surface area contributed by atoms with Gasteiger partial charge in [0, 0.05) is 25.2 Å². The van der Waals surface area contributed by atoms with Crippen LogP contribution in [0.25, 0.3) is 11.0 Å². The second kappa shape index (κ2) is 6.45. The van der Waals surface area contributed by atoms with Crippen LogP contribution in [0.5, 0.6) is 0 Å². The van der Waals surface area contributed by atoms with Crippen LogP contribution in [0.1, 0.15) is 42.9 Å². The summed E-state index contributed by atoms with van der Waals surface area (Å²) >= 11 is 0. The number of halogens is 2. The van der Waals surface area contributed by atoms with Crippen molar-refractivity contribution in [2.75, 3.05) is 0 Å². The second-order valence-corrected chi connectivity index (χ2v) is 9.40. The van der Waals surface area contributed by atoms with E-state index in [9.17, 15) is 18.8 Å². The molecule has 1 unspecified atom stereocenters. The van der Waals surface area contributed by atoms with E-state index in [1.54, 1.807) is 18.6 Å². The lowest BCUT2D eigenvalue weighted by Crippen LogP contribution is -2.68. The smallest absolute Gasteiger partial charge is 0.249 e. The Labute approximate surface area is 182 Å². The molecule has 4 aliphatic rings. The first-order chi connectivity index (χ1) is 15.4. The molecule has 3 saturated carbocycles. The molecule has 3 aliphatic carbocycles. The van der Waals surface area contributed by atoms with Crippen LogP contribution in [-0.2, 0) is 11.3 Å². The molecule has 0 saturated heterocycles. The van der Waals surface area contributed by atoms with E-state index in [1.807, 2.05) is 12.1 Å². The number of hydrazone groups is 1. The molecule has 2 bridgehead atoms. The number of amides is 1. The lowest BCUT2D eigenvalue weighted by molar-refractivity contribution is -0.222. The van der Waals surface area contributed by atoms with Gasteiger partial charge in [0.1, 0.15) is 11.6 Å². The fraction of sp³-hybridized carbons (Fsp3) is 0.333. The van der Waals surface area contributed by atoms with Gasteiger partial charge in [0.2, 0.25) is 5.91 Å². The monoisotopic (exact) mass is 431 g/mol. The predicted octanol–water partition coefficient (Wildman–Crippen LogP) is 4.32. The van der Waals surface area contributed by atoms with E-state index >= 15 is 0 Å². The summed E-state index contributed by atoms with van der Waals surface area (Å²) in [5, 5.41) is 14.9. The Morgan fingerprint density at radius 1 is 1.16 bits per heavy atom.